The van der Waals surface area contributed by atoms with Gasteiger partial charge >= 0.3 is 12.0 Å². The molecule has 0 aromatic heterocycles. The van der Waals surface area contributed by atoms with Crippen LogP contribution in [0.5, 0.6) is 0 Å². The van der Waals surface area contributed by atoms with E-state index >= 15 is 0 Å². The molecule has 0 bridgehead atoms. The number of halogens is 1. The third-order valence-electron chi connectivity index (χ3n) is 2.67. The standard InChI is InChI=1S/C14H12ClN3O3/c15-8-5-6-11(9(7-8)13(19)20)17-14(21)18-12-4-2-1-3-10(12)16/h1-7H,16H2,(H,19,20)(H2,17,18,21). The lowest BCUT2D eigenvalue weighted by Crippen LogP contribution is -2.21. The van der Waals surface area contributed by atoms with Crippen LogP contribution in [0.25, 0.3) is 0 Å². The zero-order chi connectivity index (χ0) is 15.4. The van der Waals surface area contributed by atoms with Gasteiger partial charge in [0.05, 0.1) is 22.6 Å². The highest BCUT2D eigenvalue weighted by molar-refractivity contribution is 6.31. The molecule has 0 aliphatic carbocycles. The highest BCUT2D eigenvalue weighted by atomic mass is 35.5. The average molecular weight is 306 g/mol. The van der Waals surface area contributed by atoms with Gasteiger partial charge in [-0.3, -0.25) is 0 Å². The summed E-state index contributed by atoms with van der Waals surface area (Å²) in [6.07, 6.45) is 0. The molecule has 2 aromatic rings. The van der Waals surface area contributed by atoms with E-state index in [1.165, 1.54) is 18.2 Å². The minimum atomic E-state index is -1.19. The van der Waals surface area contributed by atoms with Crippen LogP contribution in [0.3, 0.4) is 0 Å². The molecule has 7 heteroatoms. The van der Waals surface area contributed by atoms with Crippen LogP contribution in [0.4, 0.5) is 21.9 Å². The summed E-state index contributed by atoms with van der Waals surface area (Å²) in [6, 6.07) is 10.3. The molecule has 6 nitrogen and oxygen atoms in total. The molecule has 0 atom stereocenters. The van der Waals surface area contributed by atoms with Gasteiger partial charge in [-0.05, 0) is 30.3 Å². The third-order valence-corrected chi connectivity index (χ3v) is 2.90. The smallest absolute Gasteiger partial charge is 0.337 e. The molecule has 0 unspecified atom stereocenters. The van der Waals surface area contributed by atoms with E-state index < -0.39 is 12.0 Å². The Morgan fingerprint density at radius 2 is 1.71 bits per heavy atom. The van der Waals surface area contributed by atoms with Crippen molar-refractivity contribution in [2.75, 3.05) is 16.4 Å². The first-order chi connectivity index (χ1) is 9.97. The molecular weight excluding hydrogens is 294 g/mol. The van der Waals surface area contributed by atoms with Gasteiger partial charge < -0.3 is 21.5 Å². The van der Waals surface area contributed by atoms with Crippen molar-refractivity contribution in [3.05, 3.63) is 53.1 Å². The van der Waals surface area contributed by atoms with E-state index in [9.17, 15) is 9.59 Å². The minimum Gasteiger partial charge on any atom is -0.478 e. The van der Waals surface area contributed by atoms with Crippen LogP contribution < -0.4 is 16.4 Å². The molecular formula is C14H12ClN3O3. The molecule has 0 spiro atoms. The van der Waals surface area contributed by atoms with Gasteiger partial charge in [-0.25, -0.2) is 9.59 Å². The average Bonchev–Trinajstić information content (AvgIpc) is 2.43. The first-order valence-electron chi connectivity index (χ1n) is 5.92. The predicted molar refractivity (Wildman–Crippen MR) is 81.9 cm³/mol. The molecule has 0 radical (unpaired) electrons. The number of benzene rings is 2. The largest absolute Gasteiger partial charge is 0.478 e. The van der Waals surface area contributed by atoms with Gasteiger partial charge in [-0.1, -0.05) is 23.7 Å². The summed E-state index contributed by atoms with van der Waals surface area (Å²) < 4.78 is 0. The molecule has 2 aromatic carbocycles. The summed E-state index contributed by atoms with van der Waals surface area (Å²) in [5.41, 5.74) is 6.58. The van der Waals surface area contributed by atoms with Crippen molar-refractivity contribution in [2.45, 2.75) is 0 Å². The predicted octanol–water partition coefficient (Wildman–Crippen LogP) is 3.26. The van der Waals surface area contributed by atoms with Crippen molar-refractivity contribution in [1.82, 2.24) is 0 Å². The van der Waals surface area contributed by atoms with E-state index in [1.807, 2.05) is 0 Å². The van der Waals surface area contributed by atoms with E-state index in [1.54, 1.807) is 24.3 Å². The number of aromatic carboxylic acids is 1. The molecule has 0 aliphatic heterocycles. The van der Waals surface area contributed by atoms with Gasteiger partial charge in [0.1, 0.15) is 0 Å². The van der Waals surface area contributed by atoms with Crippen LogP contribution in [0.1, 0.15) is 10.4 Å². The monoisotopic (exact) mass is 305 g/mol. The maximum Gasteiger partial charge on any atom is 0.337 e. The number of nitrogens with one attached hydrogen (secondary N) is 2. The molecule has 5 N–H and O–H groups in total. The number of hydrogen-bond acceptors (Lipinski definition) is 3. The molecule has 108 valence electrons. The van der Waals surface area contributed by atoms with Crippen LogP contribution in [0.2, 0.25) is 5.02 Å². The molecule has 0 heterocycles. The van der Waals surface area contributed by atoms with Crippen molar-refractivity contribution >= 4 is 40.7 Å². The Labute approximate surface area is 125 Å². The minimum absolute atomic E-state index is 0.0984. The summed E-state index contributed by atoms with van der Waals surface area (Å²) in [6.45, 7) is 0. The van der Waals surface area contributed by atoms with Crippen LogP contribution in [-0.4, -0.2) is 17.1 Å². The number of carbonyl (C=O) groups is 2. The van der Waals surface area contributed by atoms with Crippen molar-refractivity contribution in [3.8, 4) is 0 Å². The number of carboxylic acids is 1. The third kappa shape index (κ3) is 3.64. The number of nitrogen functional groups attached to an aromatic ring is 1. The Balaban J connectivity index is 2.17. The lowest BCUT2D eigenvalue weighted by molar-refractivity contribution is 0.0698. The van der Waals surface area contributed by atoms with E-state index in [-0.39, 0.29) is 16.3 Å². The fraction of sp³-hybridized carbons (Fsp3) is 0. The Morgan fingerprint density at radius 3 is 2.38 bits per heavy atom. The summed E-state index contributed by atoms with van der Waals surface area (Å²) >= 11 is 5.74. The quantitative estimate of drug-likeness (QED) is 0.653. The Bertz CT molecular complexity index is 704. The topological polar surface area (TPSA) is 104 Å². The molecule has 2 amide bonds. The summed E-state index contributed by atoms with van der Waals surface area (Å²) in [7, 11) is 0. The maximum atomic E-state index is 11.9. The number of amides is 2. The van der Waals surface area contributed by atoms with Crippen LogP contribution in [0, 0.1) is 0 Å². The van der Waals surface area contributed by atoms with E-state index in [0.717, 1.165) is 0 Å². The number of para-hydroxylation sites is 2. The van der Waals surface area contributed by atoms with Gasteiger partial charge in [0.25, 0.3) is 0 Å². The highest BCUT2D eigenvalue weighted by Gasteiger charge is 2.13. The molecule has 0 saturated carbocycles. The molecule has 0 fully saturated rings. The lowest BCUT2D eigenvalue weighted by atomic mass is 10.2. The molecule has 0 saturated heterocycles. The Morgan fingerprint density at radius 1 is 1.05 bits per heavy atom. The number of urea groups is 1. The van der Waals surface area contributed by atoms with Crippen molar-refractivity contribution < 1.29 is 14.7 Å². The van der Waals surface area contributed by atoms with Gasteiger partial charge in [0, 0.05) is 5.02 Å². The second kappa shape index (κ2) is 6.15. The number of carboxylic acid groups (broad SMARTS) is 1. The summed E-state index contributed by atoms with van der Waals surface area (Å²) in [5.74, 6) is -1.19. The summed E-state index contributed by atoms with van der Waals surface area (Å²) in [5, 5.41) is 14.3. The number of anilines is 3. The van der Waals surface area contributed by atoms with Gasteiger partial charge in [-0.15, -0.1) is 0 Å². The first-order valence-corrected chi connectivity index (χ1v) is 6.30. The second-order valence-electron chi connectivity index (χ2n) is 4.16. The lowest BCUT2D eigenvalue weighted by Gasteiger charge is -2.11. The molecule has 0 aliphatic rings. The number of rotatable bonds is 3. The van der Waals surface area contributed by atoms with E-state index in [2.05, 4.69) is 10.6 Å². The first kappa shape index (κ1) is 14.7. The fourth-order valence-corrected chi connectivity index (χ4v) is 1.86. The maximum absolute atomic E-state index is 11.9. The SMILES string of the molecule is Nc1ccccc1NC(=O)Nc1ccc(Cl)cc1C(=O)O. The van der Waals surface area contributed by atoms with Gasteiger partial charge in [-0.2, -0.15) is 0 Å². The second-order valence-corrected chi connectivity index (χ2v) is 4.60. The van der Waals surface area contributed by atoms with E-state index in [0.29, 0.717) is 11.4 Å². The summed E-state index contributed by atoms with van der Waals surface area (Å²) in [4.78, 5) is 23.0. The zero-order valence-electron chi connectivity index (χ0n) is 10.8. The van der Waals surface area contributed by atoms with Crippen LogP contribution >= 0.6 is 11.6 Å². The number of hydrogen-bond donors (Lipinski definition) is 4. The van der Waals surface area contributed by atoms with Crippen molar-refractivity contribution in [3.63, 3.8) is 0 Å². The fourth-order valence-electron chi connectivity index (χ4n) is 1.69. The number of carbonyl (C=O) groups excluding carboxylic acids is 1. The Hall–Kier alpha value is -2.73. The Kier molecular flexibility index (Phi) is 4.30. The molecule has 2 rings (SSSR count). The molecule has 21 heavy (non-hydrogen) atoms. The highest BCUT2D eigenvalue weighted by Crippen LogP contribution is 2.22. The van der Waals surface area contributed by atoms with Crippen molar-refractivity contribution in [2.24, 2.45) is 0 Å². The van der Waals surface area contributed by atoms with Gasteiger partial charge in [0.2, 0.25) is 0 Å². The number of nitrogens with two attached hydrogens (primary N) is 1. The van der Waals surface area contributed by atoms with Crippen LogP contribution in [-0.2, 0) is 0 Å². The van der Waals surface area contributed by atoms with E-state index in [4.69, 9.17) is 22.4 Å². The zero-order valence-corrected chi connectivity index (χ0v) is 11.5. The van der Waals surface area contributed by atoms with Gasteiger partial charge in [0.15, 0.2) is 0 Å². The normalized spacial score (nSPS) is 9.95. The van der Waals surface area contributed by atoms with Crippen molar-refractivity contribution in [1.29, 1.82) is 0 Å². The van der Waals surface area contributed by atoms with Crippen LogP contribution in [0.15, 0.2) is 42.5 Å².